The van der Waals surface area contributed by atoms with E-state index in [1.807, 2.05) is 30.3 Å². The predicted octanol–water partition coefficient (Wildman–Crippen LogP) is 1.14. The van der Waals surface area contributed by atoms with Crippen molar-refractivity contribution >= 4 is 11.9 Å². The van der Waals surface area contributed by atoms with E-state index in [-0.39, 0.29) is 17.8 Å². The molecule has 0 unspecified atom stereocenters. The SMILES string of the molecule is C=C1C(=O)N[C@]2(CCOC2=O)[C@@H]1c1ccccc1. The number of hydrogen-bond acceptors (Lipinski definition) is 3. The Kier molecular flexibility index (Phi) is 2.26. The van der Waals surface area contributed by atoms with Crippen molar-refractivity contribution in [1.82, 2.24) is 5.32 Å². The van der Waals surface area contributed by atoms with E-state index >= 15 is 0 Å². The molecule has 1 amide bonds. The minimum atomic E-state index is -0.949. The molecule has 1 aromatic carbocycles. The fraction of sp³-hybridized carbons (Fsp3) is 0.286. The van der Waals surface area contributed by atoms with E-state index in [4.69, 9.17) is 4.74 Å². The lowest BCUT2D eigenvalue weighted by Gasteiger charge is -2.26. The van der Waals surface area contributed by atoms with Gasteiger partial charge in [0.15, 0.2) is 5.54 Å². The topological polar surface area (TPSA) is 55.4 Å². The quantitative estimate of drug-likeness (QED) is 0.594. The monoisotopic (exact) mass is 243 g/mol. The Labute approximate surface area is 105 Å². The Balaban J connectivity index is 2.12. The molecule has 0 radical (unpaired) electrons. The zero-order chi connectivity index (χ0) is 12.8. The summed E-state index contributed by atoms with van der Waals surface area (Å²) in [6.45, 7) is 4.17. The molecule has 2 aliphatic heterocycles. The molecule has 2 fully saturated rings. The highest BCUT2D eigenvalue weighted by atomic mass is 16.5. The molecule has 1 N–H and O–H groups in total. The van der Waals surface area contributed by atoms with Crippen LogP contribution in [-0.4, -0.2) is 24.0 Å². The first-order valence-electron chi connectivity index (χ1n) is 5.88. The molecule has 1 aromatic rings. The largest absolute Gasteiger partial charge is 0.464 e. The van der Waals surface area contributed by atoms with Gasteiger partial charge in [-0.3, -0.25) is 4.79 Å². The molecule has 0 aliphatic carbocycles. The number of rotatable bonds is 1. The van der Waals surface area contributed by atoms with Crippen LogP contribution in [0.1, 0.15) is 17.9 Å². The number of ether oxygens (including phenoxy) is 1. The smallest absolute Gasteiger partial charge is 0.333 e. The van der Waals surface area contributed by atoms with E-state index in [1.54, 1.807) is 0 Å². The molecule has 2 aliphatic rings. The van der Waals surface area contributed by atoms with Crippen LogP contribution in [0.2, 0.25) is 0 Å². The molecular weight excluding hydrogens is 230 g/mol. The van der Waals surface area contributed by atoms with Crippen LogP contribution in [0.25, 0.3) is 0 Å². The lowest BCUT2D eigenvalue weighted by Crippen LogP contribution is -2.49. The van der Waals surface area contributed by atoms with Gasteiger partial charge in [0.05, 0.1) is 6.61 Å². The number of carbonyl (C=O) groups excluding carboxylic acids is 2. The molecule has 1 spiro atoms. The fourth-order valence-corrected chi connectivity index (χ4v) is 2.83. The van der Waals surface area contributed by atoms with Gasteiger partial charge >= 0.3 is 5.97 Å². The second-order valence-corrected chi connectivity index (χ2v) is 4.68. The second-order valence-electron chi connectivity index (χ2n) is 4.68. The molecule has 3 rings (SSSR count). The standard InChI is InChI=1S/C14H13NO3/c1-9-11(10-5-3-2-4-6-10)14(15-12(9)16)7-8-18-13(14)17/h2-6,11H,1,7-8H2,(H,15,16)/t11-,14+/m0/s1. The van der Waals surface area contributed by atoms with E-state index < -0.39 is 5.54 Å². The summed E-state index contributed by atoms with van der Waals surface area (Å²) < 4.78 is 5.04. The van der Waals surface area contributed by atoms with Crippen molar-refractivity contribution in [2.75, 3.05) is 6.61 Å². The summed E-state index contributed by atoms with van der Waals surface area (Å²) in [5, 5.41) is 2.76. The molecule has 4 nitrogen and oxygen atoms in total. The lowest BCUT2D eigenvalue weighted by atomic mass is 9.78. The molecule has 2 heterocycles. The Morgan fingerprint density at radius 3 is 2.61 bits per heavy atom. The van der Waals surface area contributed by atoms with Gasteiger partial charge in [-0.2, -0.15) is 0 Å². The maximum absolute atomic E-state index is 12.0. The Morgan fingerprint density at radius 2 is 2.00 bits per heavy atom. The summed E-state index contributed by atoms with van der Waals surface area (Å²) in [4.78, 5) is 23.8. The Bertz CT molecular complexity index is 537. The third-order valence-electron chi connectivity index (χ3n) is 3.70. The summed E-state index contributed by atoms with van der Waals surface area (Å²) >= 11 is 0. The molecule has 92 valence electrons. The van der Waals surface area contributed by atoms with Gasteiger partial charge in [0.2, 0.25) is 5.91 Å². The zero-order valence-corrected chi connectivity index (χ0v) is 9.81. The van der Waals surface area contributed by atoms with Crippen molar-refractivity contribution in [3.05, 3.63) is 48.0 Å². The van der Waals surface area contributed by atoms with Crippen molar-refractivity contribution in [3.8, 4) is 0 Å². The van der Waals surface area contributed by atoms with Crippen LogP contribution in [-0.2, 0) is 14.3 Å². The minimum absolute atomic E-state index is 0.261. The van der Waals surface area contributed by atoms with Crippen LogP contribution in [0.4, 0.5) is 0 Å². The molecule has 0 bridgehead atoms. The molecule has 2 saturated heterocycles. The first-order chi connectivity index (χ1) is 8.65. The van der Waals surface area contributed by atoms with Gasteiger partial charge in [0.1, 0.15) is 0 Å². The highest BCUT2D eigenvalue weighted by Crippen LogP contribution is 2.44. The van der Waals surface area contributed by atoms with E-state index in [9.17, 15) is 9.59 Å². The van der Waals surface area contributed by atoms with Crippen molar-refractivity contribution in [1.29, 1.82) is 0 Å². The highest BCUT2D eigenvalue weighted by Gasteiger charge is 2.58. The Hall–Kier alpha value is -2.10. The van der Waals surface area contributed by atoms with Gasteiger partial charge in [0, 0.05) is 17.9 Å². The predicted molar refractivity (Wildman–Crippen MR) is 64.8 cm³/mol. The lowest BCUT2D eigenvalue weighted by molar-refractivity contribution is -0.144. The summed E-state index contributed by atoms with van der Waals surface area (Å²) in [7, 11) is 0. The van der Waals surface area contributed by atoms with Gasteiger partial charge in [-0.15, -0.1) is 0 Å². The van der Waals surface area contributed by atoms with Gasteiger partial charge in [-0.05, 0) is 5.56 Å². The van der Waals surface area contributed by atoms with Crippen molar-refractivity contribution in [2.45, 2.75) is 17.9 Å². The normalized spacial score (nSPS) is 30.7. The van der Waals surface area contributed by atoms with Crippen molar-refractivity contribution in [3.63, 3.8) is 0 Å². The minimum Gasteiger partial charge on any atom is -0.464 e. The first-order valence-corrected chi connectivity index (χ1v) is 5.88. The summed E-state index contributed by atoms with van der Waals surface area (Å²) in [6, 6.07) is 9.49. The van der Waals surface area contributed by atoms with E-state index in [1.165, 1.54) is 0 Å². The van der Waals surface area contributed by atoms with Gasteiger partial charge in [0.25, 0.3) is 0 Å². The average molecular weight is 243 g/mol. The van der Waals surface area contributed by atoms with Crippen molar-refractivity contribution < 1.29 is 14.3 Å². The van der Waals surface area contributed by atoms with E-state index in [2.05, 4.69) is 11.9 Å². The second kappa shape index (κ2) is 3.70. The van der Waals surface area contributed by atoms with E-state index in [0.717, 1.165) is 5.56 Å². The summed E-state index contributed by atoms with van der Waals surface area (Å²) in [5.74, 6) is -0.952. The van der Waals surface area contributed by atoms with Crippen LogP contribution >= 0.6 is 0 Å². The molecular formula is C14H13NO3. The molecule has 0 aromatic heterocycles. The number of benzene rings is 1. The molecule has 2 atom stereocenters. The zero-order valence-electron chi connectivity index (χ0n) is 9.81. The average Bonchev–Trinajstić information content (AvgIpc) is 2.84. The molecule has 4 heteroatoms. The van der Waals surface area contributed by atoms with Crippen LogP contribution in [0, 0.1) is 0 Å². The third kappa shape index (κ3) is 1.32. The number of esters is 1. The first kappa shape index (κ1) is 11.0. The molecule has 18 heavy (non-hydrogen) atoms. The maximum Gasteiger partial charge on any atom is 0.333 e. The summed E-state index contributed by atoms with van der Waals surface area (Å²) in [5.41, 5.74) is 0.398. The summed E-state index contributed by atoms with van der Waals surface area (Å²) in [6.07, 6.45) is 0.496. The Morgan fingerprint density at radius 1 is 1.28 bits per heavy atom. The highest BCUT2D eigenvalue weighted by molar-refractivity contribution is 6.05. The maximum atomic E-state index is 12.0. The number of hydrogen-bond donors (Lipinski definition) is 1. The van der Waals surface area contributed by atoms with Gasteiger partial charge < -0.3 is 10.1 Å². The van der Waals surface area contributed by atoms with Crippen LogP contribution in [0.3, 0.4) is 0 Å². The van der Waals surface area contributed by atoms with Crippen LogP contribution in [0.15, 0.2) is 42.5 Å². The van der Waals surface area contributed by atoms with Crippen molar-refractivity contribution in [2.24, 2.45) is 0 Å². The molecule has 0 saturated carbocycles. The number of nitrogens with one attached hydrogen (secondary N) is 1. The third-order valence-corrected chi connectivity index (χ3v) is 3.70. The fourth-order valence-electron chi connectivity index (χ4n) is 2.83. The number of carbonyl (C=O) groups is 2. The number of cyclic esters (lactones) is 1. The van der Waals surface area contributed by atoms with Gasteiger partial charge in [-0.25, -0.2) is 4.79 Å². The number of amides is 1. The van der Waals surface area contributed by atoms with Gasteiger partial charge in [-0.1, -0.05) is 36.9 Å². The van der Waals surface area contributed by atoms with Crippen LogP contribution in [0.5, 0.6) is 0 Å². The van der Waals surface area contributed by atoms with E-state index in [0.29, 0.717) is 18.6 Å². The van der Waals surface area contributed by atoms with Crippen LogP contribution < -0.4 is 5.32 Å².